The van der Waals surface area contributed by atoms with Gasteiger partial charge in [-0.25, -0.2) is 13.2 Å². The molecule has 0 N–H and O–H groups in total. The van der Waals surface area contributed by atoms with Crippen LogP contribution in [0.25, 0.3) is 0 Å². The van der Waals surface area contributed by atoms with E-state index in [1.54, 1.807) is 18.3 Å². The Morgan fingerprint density at radius 2 is 1.91 bits per heavy atom. The zero-order chi connectivity index (χ0) is 24.3. The van der Waals surface area contributed by atoms with Crippen LogP contribution in [0.1, 0.15) is 57.4 Å². The van der Waals surface area contributed by atoms with Crippen LogP contribution in [0.3, 0.4) is 0 Å². The predicted molar refractivity (Wildman–Crippen MR) is 126 cm³/mol. The number of carbonyl (C=O) groups excluding carboxylic acids is 1. The van der Waals surface area contributed by atoms with E-state index in [0.717, 1.165) is 50.9 Å². The van der Waals surface area contributed by atoms with Crippen molar-refractivity contribution < 1.29 is 27.1 Å². The number of hydrogen-bond donors (Lipinski definition) is 0. The first-order valence-corrected chi connectivity index (χ1v) is 13.7. The molecule has 0 unspecified atom stereocenters. The number of fused-ring (bicyclic) bond motifs is 1. The molecule has 4 fully saturated rings. The van der Waals surface area contributed by atoms with Crippen molar-refractivity contribution in [3.8, 4) is 5.75 Å². The molecular weight excluding hydrogens is 459 g/mol. The van der Waals surface area contributed by atoms with Gasteiger partial charge in [-0.15, -0.1) is 0 Å². The number of ether oxygens (including phenoxy) is 2. The molecular formula is C25H33FN2O5S. The van der Waals surface area contributed by atoms with Gasteiger partial charge < -0.3 is 14.4 Å². The Balaban J connectivity index is 1.55. The number of nitrogens with zero attached hydrogens (tertiary/aromatic N) is 2. The van der Waals surface area contributed by atoms with Gasteiger partial charge in [0.05, 0.1) is 12.3 Å². The van der Waals surface area contributed by atoms with Gasteiger partial charge in [0, 0.05) is 31.2 Å². The summed E-state index contributed by atoms with van der Waals surface area (Å²) in [7, 11) is -2.11. The van der Waals surface area contributed by atoms with Crippen LogP contribution in [0.15, 0.2) is 29.1 Å². The third-order valence-corrected chi connectivity index (χ3v) is 10.2. The van der Waals surface area contributed by atoms with Crippen molar-refractivity contribution in [1.29, 1.82) is 0 Å². The summed E-state index contributed by atoms with van der Waals surface area (Å²) in [6.45, 7) is 4.13. The summed E-state index contributed by atoms with van der Waals surface area (Å²) in [6, 6.07) is 3.25. The minimum absolute atomic E-state index is 0.0434. The number of rotatable bonds is 6. The van der Waals surface area contributed by atoms with Crippen molar-refractivity contribution in [2.45, 2.75) is 75.3 Å². The SMILES string of the molecule is CCOC(=O)/C(F)=C/Oc1cc2c(cc1C)N(C13CC(C1)C3)C[C@@H](C1CCCC1)N(C)S2(=O)=O. The maximum absolute atomic E-state index is 14.0. The molecule has 6 rings (SSSR count). The topological polar surface area (TPSA) is 76.2 Å². The molecule has 4 aliphatic carbocycles. The highest BCUT2D eigenvalue weighted by atomic mass is 32.2. The van der Waals surface area contributed by atoms with Gasteiger partial charge in [-0.05, 0) is 69.4 Å². The van der Waals surface area contributed by atoms with E-state index in [9.17, 15) is 17.6 Å². The second-order valence-corrected chi connectivity index (χ2v) is 12.3. The molecule has 34 heavy (non-hydrogen) atoms. The van der Waals surface area contributed by atoms with Crippen LogP contribution in [0.5, 0.6) is 5.75 Å². The fraction of sp³-hybridized carbons (Fsp3) is 0.640. The zero-order valence-electron chi connectivity index (χ0n) is 20.0. The summed E-state index contributed by atoms with van der Waals surface area (Å²) in [5.74, 6) is -0.982. The van der Waals surface area contributed by atoms with E-state index in [1.807, 2.05) is 13.0 Å². The number of aryl methyl sites for hydroxylation is 1. The molecule has 1 heterocycles. The molecule has 7 nitrogen and oxygen atoms in total. The summed E-state index contributed by atoms with van der Waals surface area (Å²) in [6.07, 6.45) is 8.40. The van der Waals surface area contributed by atoms with Gasteiger partial charge in [-0.2, -0.15) is 8.70 Å². The first kappa shape index (κ1) is 23.6. The Bertz CT molecular complexity index is 1110. The minimum Gasteiger partial charge on any atom is -0.461 e. The molecule has 1 atom stereocenters. The lowest BCUT2D eigenvalue weighted by Crippen LogP contribution is -2.70. The molecule has 0 aromatic heterocycles. The number of likely N-dealkylation sites (N-methyl/N-ethyl adjacent to an activating group) is 1. The summed E-state index contributed by atoms with van der Waals surface area (Å²) in [5.41, 5.74) is 1.44. The first-order valence-electron chi connectivity index (χ1n) is 12.3. The lowest BCUT2D eigenvalue weighted by Gasteiger charge is -2.67. The minimum atomic E-state index is -3.80. The molecule has 2 bridgehead atoms. The number of hydrogen-bond acceptors (Lipinski definition) is 6. The molecule has 4 saturated carbocycles. The maximum atomic E-state index is 14.0. The van der Waals surface area contributed by atoms with E-state index in [4.69, 9.17) is 4.74 Å². The van der Waals surface area contributed by atoms with Gasteiger partial charge in [-0.3, -0.25) is 0 Å². The highest BCUT2D eigenvalue weighted by Crippen LogP contribution is 2.62. The number of sulfonamides is 1. The fourth-order valence-corrected chi connectivity index (χ4v) is 7.89. The maximum Gasteiger partial charge on any atom is 0.370 e. The van der Waals surface area contributed by atoms with Crippen LogP contribution in [-0.4, -0.2) is 50.5 Å². The number of halogens is 1. The Morgan fingerprint density at radius 1 is 1.24 bits per heavy atom. The normalized spacial score (nSPS) is 30.7. The van der Waals surface area contributed by atoms with Crippen molar-refractivity contribution in [3.63, 3.8) is 0 Å². The quantitative estimate of drug-likeness (QED) is 0.335. The van der Waals surface area contributed by atoms with E-state index in [0.29, 0.717) is 30.0 Å². The summed E-state index contributed by atoms with van der Waals surface area (Å²) in [4.78, 5) is 14.1. The monoisotopic (exact) mass is 492 g/mol. The van der Waals surface area contributed by atoms with Crippen LogP contribution < -0.4 is 9.64 Å². The fourth-order valence-electron chi connectivity index (χ4n) is 6.30. The third-order valence-electron chi connectivity index (χ3n) is 8.32. The van der Waals surface area contributed by atoms with Crippen molar-refractivity contribution in [3.05, 3.63) is 29.8 Å². The summed E-state index contributed by atoms with van der Waals surface area (Å²) >= 11 is 0. The summed E-state index contributed by atoms with van der Waals surface area (Å²) < 4.78 is 53.4. The largest absolute Gasteiger partial charge is 0.461 e. The second-order valence-electron chi connectivity index (χ2n) is 10.3. The van der Waals surface area contributed by atoms with Crippen LogP contribution in [0, 0.1) is 18.8 Å². The lowest BCUT2D eigenvalue weighted by atomic mass is 9.49. The first-order chi connectivity index (χ1) is 16.2. The van der Waals surface area contributed by atoms with Crippen LogP contribution in [-0.2, 0) is 19.6 Å². The van der Waals surface area contributed by atoms with E-state index in [-0.39, 0.29) is 28.8 Å². The van der Waals surface area contributed by atoms with Gasteiger partial charge in [0.25, 0.3) is 0 Å². The van der Waals surface area contributed by atoms with Crippen molar-refractivity contribution in [1.82, 2.24) is 4.31 Å². The second kappa shape index (κ2) is 8.52. The van der Waals surface area contributed by atoms with Gasteiger partial charge in [-0.1, -0.05) is 12.8 Å². The van der Waals surface area contributed by atoms with E-state index in [1.165, 1.54) is 6.07 Å². The van der Waals surface area contributed by atoms with Gasteiger partial charge in [0.1, 0.15) is 16.9 Å². The molecule has 0 spiro atoms. The van der Waals surface area contributed by atoms with Crippen LogP contribution in [0.2, 0.25) is 0 Å². The third kappa shape index (κ3) is 3.71. The van der Waals surface area contributed by atoms with Gasteiger partial charge in [0.15, 0.2) is 0 Å². The Labute approximate surface area is 200 Å². The number of esters is 1. The highest BCUT2D eigenvalue weighted by Gasteiger charge is 2.61. The molecule has 0 saturated heterocycles. The molecule has 5 aliphatic rings. The van der Waals surface area contributed by atoms with E-state index in [2.05, 4.69) is 9.64 Å². The average molecular weight is 493 g/mol. The molecule has 0 amide bonds. The van der Waals surface area contributed by atoms with Crippen molar-refractivity contribution in [2.75, 3.05) is 25.1 Å². The van der Waals surface area contributed by atoms with Crippen molar-refractivity contribution >= 4 is 21.7 Å². The molecule has 9 heteroatoms. The Morgan fingerprint density at radius 3 is 2.50 bits per heavy atom. The molecule has 1 aromatic carbocycles. The molecule has 1 aliphatic heterocycles. The number of anilines is 1. The number of carbonyl (C=O) groups is 1. The lowest BCUT2D eigenvalue weighted by molar-refractivity contribution is -0.140. The molecule has 0 radical (unpaired) electrons. The smallest absolute Gasteiger partial charge is 0.370 e. The van der Waals surface area contributed by atoms with Crippen LogP contribution in [0.4, 0.5) is 10.1 Å². The average Bonchev–Trinajstić information content (AvgIpc) is 3.24. The Hall–Kier alpha value is -2.13. The summed E-state index contributed by atoms with van der Waals surface area (Å²) in [5, 5.41) is 0. The van der Waals surface area contributed by atoms with E-state index >= 15 is 0 Å². The van der Waals surface area contributed by atoms with Crippen LogP contribution >= 0.6 is 0 Å². The molecule has 1 aromatic rings. The highest BCUT2D eigenvalue weighted by molar-refractivity contribution is 7.89. The van der Waals surface area contributed by atoms with E-state index < -0.39 is 21.8 Å². The number of benzene rings is 1. The van der Waals surface area contributed by atoms with Gasteiger partial charge in [0.2, 0.25) is 15.9 Å². The van der Waals surface area contributed by atoms with Crippen molar-refractivity contribution in [2.24, 2.45) is 11.8 Å². The Kier molecular flexibility index (Phi) is 5.91. The zero-order valence-corrected chi connectivity index (χ0v) is 20.9. The molecule has 186 valence electrons. The standard InChI is InChI=1S/C25H33FN2O5S/c1-4-32-24(29)19(26)15-33-22-10-23-20(9-16(22)2)28(25-11-17(12-25)13-25)14-21(18-7-5-6-8-18)27(3)34(23,30)31/h9-10,15,17-18,21H,4-8,11-14H2,1-3H3/b19-15-/t17?,21-,25?/m0/s1. The predicted octanol–water partition coefficient (Wildman–Crippen LogP) is 4.30. The van der Waals surface area contributed by atoms with Gasteiger partial charge >= 0.3 is 5.97 Å².